The standard InChI is InChI=1S/C11H10N4S2/c1-6-14-15-11(17-6)9(16)10-12-7-4-2-3-5-8(7)13-10/h2-5,9,16H,1H3,(H,12,13). The van der Waals surface area contributed by atoms with E-state index in [2.05, 4.69) is 32.8 Å². The van der Waals surface area contributed by atoms with Crippen LogP contribution < -0.4 is 0 Å². The van der Waals surface area contributed by atoms with Gasteiger partial charge in [-0.2, -0.15) is 12.6 Å². The molecule has 2 aromatic heterocycles. The summed E-state index contributed by atoms with van der Waals surface area (Å²) in [6.07, 6.45) is 0. The number of aryl methyl sites for hydroxylation is 1. The second-order valence-electron chi connectivity index (χ2n) is 3.70. The van der Waals surface area contributed by atoms with Crippen molar-refractivity contribution in [1.82, 2.24) is 20.2 Å². The number of hydrogen-bond acceptors (Lipinski definition) is 5. The predicted octanol–water partition coefficient (Wildman–Crippen LogP) is 2.74. The molecule has 17 heavy (non-hydrogen) atoms. The molecule has 0 amide bonds. The molecule has 1 N–H and O–H groups in total. The number of aromatic nitrogens is 4. The van der Waals surface area contributed by atoms with Crippen molar-refractivity contribution in [2.45, 2.75) is 12.2 Å². The van der Waals surface area contributed by atoms with Crippen molar-refractivity contribution < 1.29 is 0 Å². The van der Waals surface area contributed by atoms with E-state index in [1.165, 1.54) is 0 Å². The Labute approximate surface area is 108 Å². The zero-order valence-corrected chi connectivity index (χ0v) is 10.8. The van der Waals surface area contributed by atoms with Crippen molar-refractivity contribution in [3.05, 3.63) is 40.1 Å². The minimum atomic E-state index is -0.145. The molecule has 1 unspecified atom stereocenters. The van der Waals surface area contributed by atoms with Crippen molar-refractivity contribution in [2.75, 3.05) is 0 Å². The highest BCUT2D eigenvalue weighted by Crippen LogP contribution is 2.29. The highest BCUT2D eigenvalue weighted by atomic mass is 32.1. The first-order valence-corrected chi connectivity index (χ1v) is 6.50. The Bertz CT molecular complexity index is 625. The number of hydrogen-bond donors (Lipinski definition) is 2. The summed E-state index contributed by atoms with van der Waals surface area (Å²) in [6, 6.07) is 7.92. The van der Waals surface area contributed by atoms with E-state index in [4.69, 9.17) is 0 Å². The van der Waals surface area contributed by atoms with Crippen LogP contribution in [0.25, 0.3) is 11.0 Å². The minimum Gasteiger partial charge on any atom is -0.341 e. The van der Waals surface area contributed by atoms with Crippen molar-refractivity contribution in [3.63, 3.8) is 0 Å². The number of benzene rings is 1. The van der Waals surface area contributed by atoms with E-state index in [1.807, 2.05) is 31.2 Å². The minimum absolute atomic E-state index is 0.145. The van der Waals surface area contributed by atoms with Crippen LogP contribution in [0, 0.1) is 6.92 Å². The third-order valence-electron chi connectivity index (χ3n) is 2.44. The van der Waals surface area contributed by atoms with E-state index in [1.54, 1.807) is 11.3 Å². The van der Waals surface area contributed by atoms with Gasteiger partial charge in [-0.15, -0.1) is 21.5 Å². The van der Waals surface area contributed by atoms with Gasteiger partial charge in [0, 0.05) is 0 Å². The summed E-state index contributed by atoms with van der Waals surface area (Å²) in [7, 11) is 0. The van der Waals surface area contributed by atoms with Crippen LogP contribution in [-0.4, -0.2) is 20.2 Å². The summed E-state index contributed by atoms with van der Waals surface area (Å²) in [6.45, 7) is 1.93. The van der Waals surface area contributed by atoms with Gasteiger partial charge in [-0.25, -0.2) is 4.98 Å². The van der Waals surface area contributed by atoms with Gasteiger partial charge in [0.2, 0.25) is 0 Å². The van der Waals surface area contributed by atoms with Crippen LogP contribution in [0.2, 0.25) is 0 Å². The number of fused-ring (bicyclic) bond motifs is 1. The van der Waals surface area contributed by atoms with E-state index < -0.39 is 0 Å². The highest BCUT2D eigenvalue weighted by molar-refractivity contribution is 7.80. The number of aromatic amines is 1. The molecular formula is C11H10N4S2. The first-order chi connectivity index (χ1) is 8.24. The molecule has 3 rings (SSSR count). The van der Waals surface area contributed by atoms with E-state index in [0.717, 1.165) is 26.9 Å². The molecule has 0 radical (unpaired) electrons. The number of rotatable bonds is 2. The van der Waals surface area contributed by atoms with Crippen LogP contribution in [0.3, 0.4) is 0 Å². The van der Waals surface area contributed by atoms with Crippen molar-refractivity contribution >= 4 is 35.0 Å². The third-order valence-corrected chi connectivity index (χ3v) is 4.01. The van der Waals surface area contributed by atoms with Gasteiger partial charge < -0.3 is 4.98 Å². The maximum absolute atomic E-state index is 4.55. The molecule has 0 saturated carbocycles. The van der Waals surface area contributed by atoms with Crippen LogP contribution >= 0.6 is 24.0 Å². The highest BCUT2D eigenvalue weighted by Gasteiger charge is 2.17. The lowest BCUT2D eigenvalue weighted by Crippen LogP contribution is -1.95. The molecule has 0 saturated heterocycles. The number of imidazole rings is 1. The molecule has 6 heteroatoms. The van der Waals surface area contributed by atoms with Crippen molar-refractivity contribution in [2.24, 2.45) is 0 Å². The lowest BCUT2D eigenvalue weighted by molar-refractivity contribution is 0.937. The molecular weight excluding hydrogens is 252 g/mol. The summed E-state index contributed by atoms with van der Waals surface area (Å²) in [5.74, 6) is 0.811. The molecule has 0 aliphatic rings. The quantitative estimate of drug-likeness (QED) is 0.698. The molecule has 3 aromatic rings. The normalized spacial score (nSPS) is 13.1. The number of H-pyrrole nitrogens is 1. The molecule has 1 atom stereocenters. The fourth-order valence-electron chi connectivity index (χ4n) is 1.64. The Kier molecular flexibility index (Phi) is 2.60. The topological polar surface area (TPSA) is 54.5 Å². The van der Waals surface area contributed by atoms with Gasteiger partial charge in [0.05, 0.1) is 11.0 Å². The van der Waals surface area contributed by atoms with Crippen molar-refractivity contribution in [1.29, 1.82) is 0 Å². The summed E-state index contributed by atoms with van der Waals surface area (Å²) in [5.41, 5.74) is 1.96. The zero-order valence-electron chi connectivity index (χ0n) is 9.08. The van der Waals surface area contributed by atoms with Gasteiger partial charge in [-0.3, -0.25) is 0 Å². The first-order valence-electron chi connectivity index (χ1n) is 5.17. The fraction of sp³-hybridized carbons (Fsp3) is 0.182. The molecule has 86 valence electrons. The van der Waals surface area contributed by atoms with E-state index in [9.17, 15) is 0 Å². The average Bonchev–Trinajstić information content (AvgIpc) is 2.93. The number of nitrogens with zero attached hydrogens (tertiary/aromatic N) is 3. The van der Waals surface area contributed by atoms with E-state index >= 15 is 0 Å². The van der Waals surface area contributed by atoms with Gasteiger partial charge in [0.15, 0.2) is 0 Å². The lowest BCUT2D eigenvalue weighted by atomic mass is 10.3. The SMILES string of the molecule is Cc1nnc(C(S)c2nc3ccccc3[nH]2)s1. The predicted molar refractivity (Wildman–Crippen MR) is 71.6 cm³/mol. The lowest BCUT2D eigenvalue weighted by Gasteiger charge is -2.01. The molecule has 0 aliphatic heterocycles. The van der Waals surface area contributed by atoms with Crippen LogP contribution in [0.5, 0.6) is 0 Å². The molecule has 0 bridgehead atoms. The summed E-state index contributed by atoms with van der Waals surface area (Å²) >= 11 is 6.09. The van der Waals surface area contributed by atoms with E-state index in [0.29, 0.717) is 0 Å². The second kappa shape index (κ2) is 4.12. The Morgan fingerprint density at radius 3 is 2.82 bits per heavy atom. The number of thiol groups is 1. The van der Waals surface area contributed by atoms with Gasteiger partial charge >= 0.3 is 0 Å². The molecule has 0 fully saturated rings. The van der Waals surface area contributed by atoms with Crippen LogP contribution in [0.1, 0.15) is 21.1 Å². The Morgan fingerprint density at radius 2 is 2.12 bits per heavy atom. The number of para-hydroxylation sites is 2. The monoisotopic (exact) mass is 262 g/mol. The third kappa shape index (κ3) is 1.94. The van der Waals surface area contributed by atoms with Gasteiger partial charge in [-0.1, -0.05) is 12.1 Å². The summed E-state index contributed by atoms with van der Waals surface area (Å²) < 4.78 is 0. The number of nitrogens with one attached hydrogen (secondary N) is 1. The fourth-order valence-corrected chi connectivity index (χ4v) is 2.66. The Morgan fingerprint density at radius 1 is 1.29 bits per heavy atom. The zero-order chi connectivity index (χ0) is 11.8. The molecule has 2 heterocycles. The van der Waals surface area contributed by atoms with Crippen LogP contribution in [0.15, 0.2) is 24.3 Å². The van der Waals surface area contributed by atoms with Crippen LogP contribution in [0.4, 0.5) is 0 Å². The second-order valence-corrected chi connectivity index (χ2v) is 5.43. The largest absolute Gasteiger partial charge is 0.341 e. The molecule has 4 nitrogen and oxygen atoms in total. The van der Waals surface area contributed by atoms with Crippen molar-refractivity contribution in [3.8, 4) is 0 Å². The van der Waals surface area contributed by atoms with Gasteiger partial charge in [0.25, 0.3) is 0 Å². The van der Waals surface area contributed by atoms with Gasteiger partial charge in [0.1, 0.15) is 21.1 Å². The first kappa shape index (κ1) is 10.7. The average molecular weight is 262 g/mol. The maximum atomic E-state index is 4.55. The molecule has 0 aliphatic carbocycles. The van der Waals surface area contributed by atoms with E-state index in [-0.39, 0.29) is 5.25 Å². The maximum Gasteiger partial charge on any atom is 0.137 e. The Hall–Kier alpha value is -1.40. The smallest absolute Gasteiger partial charge is 0.137 e. The molecule has 0 spiro atoms. The van der Waals surface area contributed by atoms with Crippen LogP contribution in [-0.2, 0) is 0 Å². The summed E-state index contributed by atoms with van der Waals surface area (Å²) in [4.78, 5) is 7.76. The Balaban J connectivity index is 2.03. The van der Waals surface area contributed by atoms with Gasteiger partial charge in [-0.05, 0) is 19.1 Å². The molecule has 1 aromatic carbocycles. The summed E-state index contributed by atoms with van der Waals surface area (Å²) in [5, 5.41) is 9.75.